The summed E-state index contributed by atoms with van der Waals surface area (Å²) in [5.74, 6) is 0.829. The third-order valence-corrected chi connectivity index (χ3v) is 6.34. The molecule has 2 fully saturated rings. The Kier molecular flexibility index (Phi) is 4.24. The smallest absolute Gasteiger partial charge is 0.265 e. The fourth-order valence-electron chi connectivity index (χ4n) is 5.66. The van der Waals surface area contributed by atoms with Gasteiger partial charge in [0.1, 0.15) is 5.75 Å². The molecule has 1 saturated heterocycles. The number of carbonyl (C=O) groups is 2. The van der Waals surface area contributed by atoms with Gasteiger partial charge in [0.15, 0.2) is 6.61 Å². The molecule has 0 aromatic heterocycles. The van der Waals surface area contributed by atoms with Gasteiger partial charge in [0.05, 0.1) is 5.69 Å². The van der Waals surface area contributed by atoms with Gasteiger partial charge < -0.3 is 14.5 Å². The summed E-state index contributed by atoms with van der Waals surface area (Å²) in [7, 11) is 0. The molecule has 1 aromatic rings. The molecule has 146 valence electrons. The minimum Gasteiger partial charge on any atom is -0.482 e. The Morgan fingerprint density at radius 3 is 2.81 bits per heavy atom. The number of anilines is 1. The highest BCUT2D eigenvalue weighted by atomic mass is 16.5. The molecule has 0 N–H and O–H groups in total. The molecular formula is C22H30N2O3. The van der Waals surface area contributed by atoms with Gasteiger partial charge in [-0.1, -0.05) is 26.8 Å². The molecule has 1 saturated carbocycles. The van der Waals surface area contributed by atoms with Crippen LogP contribution in [-0.2, 0) is 9.59 Å². The van der Waals surface area contributed by atoms with Crippen LogP contribution in [0.15, 0.2) is 18.2 Å². The Bertz CT molecular complexity index is 788. The van der Waals surface area contributed by atoms with E-state index in [2.05, 4.69) is 25.7 Å². The van der Waals surface area contributed by atoms with Gasteiger partial charge >= 0.3 is 0 Å². The summed E-state index contributed by atoms with van der Waals surface area (Å²) in [6.07, 6.45) is 3.73. The molecule has 2 atom stereocenters. The van der Waals surface area contributed by atoms with Crippen LogP contribution in [0.1, 0.15) is 52.0 Å². The molecule has 5 heteroatoms. The third-order valence-electron chi connectivity index (χ3n) is 6.34. The number of benzene rings is 1. The zero-order chi connectivity index (χ0) is 19.4. The van der Waals surface area contributed by atoms with Crippen LogP contribution in [0.5, 0.6) is 5.75 Å². The van der Waals surface area contributed by atoms with Crippen LogP contribution in [0.25, 0.3) is 0 Å². The summed E-state index contributed by atoms with van der Waals surface area (Å²) in [6, 6.07) is 6.19. The topological polar surface area (TPSA) is 49.9 Å². The number of hydrogen-bond acceptors (Lipinski definition) is 3. The quantitative estimate of drug-likeness (QED) is 0.818. The highest BCUT2D eigenvalue weighted by Crippen LogP contribution is 2.52. The molecule has 0 radical (unpaired) electrons. The van der Waals surface area contributed by atoms with Crippen molar-refractivity contribution in [3.63, 3.8) is 0 Å². The molecule has 2 unspecified atom stereocenters. The van der Waals surface area contributed by atoms with Crippen molar-refractivity contribution in [1.29, 1.82) is 0 Å². The number of hydrogen-bond donors (Lipinski definition) is 0. The Balaban J connectivity index is 1.45. The minimum atomic E-state index is -0.0765. The largest absolute Gasteiger partial charge is 0.482 e. The zero-order valence-corrected chi connectivity index (χ0v) is 16.9. The third kappa shape index (κ3) is 3.44. The van der Waals surface area contributed by atoms with Crippen molar-refractivity contribution in [2.45, 2.75) is 59.4 Å². The van der Waals surface area contributed by atoms with Gasteiger partial charge in [-0.2, -0.15) is 0 Å². The average Bonchev–Trinajstić information content (AvgIpc) is 2.82. The van der Waals surface area contributed by atoms with Crippen LogP contribution in [0.3, 0.4) is 0 Å². The van der Waals surface area contributed by atoms with E-state index in [4.69, 9.17) is 4.74 Å². The summed E-state index contributed by atoms with van der Waals surface area (Å²) in [5, 5.41) is 0. The second-order valence-electron chi connectivity index (χ2n) is 9.79. The number of carbonyl (C=O) groups excluding carboxylic acids is 2. The first-order valence-electron chi connectivity index (χ1n) is 9.99. The molecule has 2 bridgehead atoms. The number of rotatable bonds is 3. The van der Waals surface area contributed by atoms with E-state index in [1.54, 1.807) is 4.90 Å². The molecular weight excluding hydrogens is 340 g/mol. The Morgan fingerprint density at radius 2 is 2.04 bits per heavy atom. The maximum atomic E-state index is 13.0. The van der Waals surface area contributed by atoms with Crippen LogP contribution in [0.4, 0.5) is 5.69 Å². The maximum Gasteiger partial charge on any atom is 0.265 e. The molecule has 4 rings (SSSR count). The van der Waals surface area contributed by atoms with Crippen LogP contribution >= 0.6 is 0 Å². The van der Waals surface area contributed by atoms with Gasteiger partial charge in [-0.15, -0.1) is 0 Å². The van der Waals surface area contributed by atoms with Gasteiger partial charge in [0.2, 0.25) is 5.91 Å². The van der Waals surface area contributed by atoms with Crippen molar-refractivity contribution < 1.29 is 14.3 Å². The molecule has 2 heterocycles. The van der Waals surface area contributed by atoms with E-state index in [0.717, 1.165) is 36.4 Å². The first-order chi connectivity index (χ1) is 12.7. The van der Waals surface area contributed by atoms with Gasteiger partial charge in [-0.3, -0.25) is 9.59 Å². The van der Waals surface area contributed by atoms with Crippen molar-refractivity contribution in [1.82, 2.24) is 4.90 Å². The van der Waals surface area contributed by atoms with E-state index in [1.165, 1.54) is 6.42 Å². The van der Waals surface area contributed by atoms with Crippen LogP contribution < -0.4 is 9.64 Å². The SMILES string of the molecule is Cc1ccc2c(c1)OCC(=O)N2CCC(=O)N1CC2(C)CC1CC(C)(C)C2. The lowest BCUT2D eigenvalue weighted by Gasteiger charge is -2.39. The lowest BCUT2D eigenvalue weighted by molar-refractivity contribution is -0.132. The normalized spacial score (nSPS) is 28.7. The van der Waals surface area contributed by atoms with Crippen molar-refractivity contribution in [2.75, 3.05) is 24.6 Å². The molecule has 1 aromatic carbocycles. The van der Waals surface area contributed by atoms with Gasteiger partial charge in [0, 0.05) is 25.6 Å². The molecule has 27 heavy (non-hydrogen) atoms. The predicted octanol–water partition coefficient (Wildman–Crippen LogP) is 3.54. The summed E-state index contributed by atoms with van der Waals surface area (Å²) in [6.45, 7) is 10.3. The maximum absolute atomic E-state index is 13.0. The molecule has 2 aliphatic heterocycles. The molecule has 5 nitrogen and oxygen atoms in total. The molecule has 0 spiro atoms. The van der Waals surface area contributed by atoms with E-state index in [9.17, 15) is 9.59 Å². The second kappa shape index (κ2) is 6.25. The standard InChI is InChI=1S/C22H30N2O3/c1-15-5-6-17-18(9-15)27-12-20(26)23(17)8-7-19(25)24-14-22(4)11-16(24)10-21(2,3)13-22/h5-6,9,16H,7-8,10-14H2,1-4H3. The van der Waals surface area contributed by atoms with E-state index < -0.39 is 0 Å². The number of nitrogens with zero attached hydrogens (tertiary/aromatic N) is 2. The lowest BCUT2D eigenvalue weighted by Crippen LogP contribution is -2.43. The number of ether oxygens (including phenoxy) is 1. The fourth-order valence-corrected chi connectivity index (χ4v) is 5.66. The van der Waals surface area contributed by atoms with Gasteiger partial charge in [0.25, 0.3) is 5.91 Å². The monoisotopic (exact) mass is 370 g/mol. The van der Waals surface area contributed by atoms with Gasteiger partial charge in [-0.25, -0.2) is 0 Å². The average molecular weight is 370 g/mol. The number of likely N-dealkylation sites (tertiary alicyclic amines) is 1. The first kappa shape index (κ1) is 18.3. The van der Waals surface area contributed by atoms with E-state index in [-0.39, 0.29) is 23.8 Å². The summed E-state index contributed by atoms with van der Waals surface area (Å²) in [5.41, 5.74) is 2.40. The second-order valence-corrected chi connectivity index (χ2v) is 9.79. The highest BCUT2D eigenvalue weighted by molar-refractivity contribution is 5.98. The highest BCUT2D eigenvalue weighted by Gasteiger charge is 2.50. The van der Waals surface area contributed by atoms with Crippen molar-refractivity contribution in [3.05, 3.63) is 23.8 Å². The molecule has 2 amide bonds. The Hall–Kier alpha value is -2.04. The molecule has 3 aliphatic rings. The van der Waals surface area contributed by atoms with Crippen LogP contribution in [0.2, 0.25) is 0 Å². The van der Waals surface area contributed by atoms with Crippen molar-refractivity contribution in [2.24, 2.45) is 10.8 Å². The summed E-state index contributed by atoms with van der Waals surface area (Å²) >= 11 is 0. The van der Waals surface area contributed by atoms with Gasteiger partial charge in [-0.05, 0) is 54.7 Å². The molecule has 1 aliphatic carbocycles. The van der Waals surface area contributed by atoms with E-state index >= 15 is 0 Å². The number of fused-ring (bicyclic) bond motifs is 3. The van der Waals surface area contributed by atoms with E-state index in [0.29, 0.717) is 24.4 Å². The summed E-state index contributed by atoms with van der Waals surface area (Å²) in [4.78, 5) is 29.2. The fraction of sp³-hybridized carbons (Fsp3) is 0.636. The van der Waals surface area contributed by atoms with Crippen LogP contribution in [0, 0.1) is 17.8 Å². The Labute approximate surface area is 161 Å². The predicted molar refractivity (Wildman–Crippen MR) is 105 cm³/mol. The number of aryl methyl sites for hydroxylation is 1. The first-order valence-corrected chi connectivity index (χ1v) is 9.99. The number of amides is 2. The summed E-state index contributed by atoms with van der Waals surface area (Å²) < 4.78 is 5.56. The van der Waals surface area contributed by atoms with Crippen molar-refractivity contribution >= 4 is 17.5 Å². The van der Waals surface area contributed by atoms with Crippen LogP contribution in [-0.4, -0.2) is 42.5 Å². The van der Waals surface area contributed by atoms with E-state index in [1.807, 2.05) is 25.1 Å². The zero-order valence-electron chi connectivity index (χ0n) is 16.9. The van der Waals surface area contributed by atoms with Crippen molar-refractivity contribution in [3.8, 4) is 5.75 Å². The lowest BCUT2D eigenvalue weighted by atomic mass is 9.65. The minimum absolute atomic E-state index is 0.0449. The Morgan fingerprint density at radius 1 is 1.26 bits per heavy atom.